The van der Waals surface area contributed by atoms with Crippen molar-refractivity contribution in [3.63, 3.8) is 0 Å². The van der Waals surface area contributed by atoms with Crippen molar-refractivity contribution >= 4 is 40.3 Å². The molecule has 6 nitrogen and oxygen atoms in total. The minimum absolute atomic E-state index is 0.0695. The molecule has 28 heavy (non-hydrogen) atoms. The van der Waals surface area contributed by atoms with Crippen molar-refractivity contribution < 1.29 is 4.79 Å². The SMILES string of the molecule is CCCN(CCC)C(=O)N1CCn2c(nnc2/C(Cl)=C/c2cccc(Cl)c2)C1. The lowest BCUT2D eigenvalue weighted by atomic mass is 10.2. The van der Waals surface area contributed by atoms with E-state index in [0.717, 1.165) is 37.3 Å². The summed E-state index contributed by atoms with van der Waals surface area (Å²) >= 11 is 12.5. The molecule has 150 valence electrons. The number of rotatable bonds is 6. The molecule has 1 aliphatic heterocycles. The maximum Gasteiger partial charge on any atom is 0.320 e. The molecule has 0 aliphatic carbocycles. The minimum Gasteiger partial charge on any atom is -0.325 e. The number of urea groups is 1. The summed E-state index contributed by atoms with van der Waals surface area (Å²) in [5.74, 6) is 1.36. The van der Waals surface area contributed by atoms with Gasteiger partial charge in [-0.1, -0.05) is 49.2 Å². The summed E-state index contributed by atoms with van der Waals surface area (Å²) in [7, 11) is 0. The highest BCUT2D eigenvalue weighted by atomic mass is 35.5. The number of fused-ring (bicyclic) bond motifs is 1. The van der Waals surface area contributed by atoms with E-state index in [9.17, 15) is 4.79 Å². The Hall–Kier alpha value is -2.05. The average Bonchev–Trinajstić information content (AvgIpc) is 3.10. The second kappa shape index (κ2) is 9.43. The fraction of sp³-hybridized carbons (Fsp3) is 0.450. The molecule has 2 aromatic rings. The number of carbonyl (C=O) groups is 1. The van der Waals surface area contributed by atoms with Gasteiger partial charge in [0.2, 0.25) is 0 Å². The van der Waals surface area contributed by atoms with Crippen LogP contribution >= 0.6 is 23.2 Å². The van der Waals surface area contributed by atoms with Gasteiger partial charge in [0.25, 0.3) is 0 Å². The lowest BCUT2D eigenvalue weighted by Gasteiger charge is -2.33. The van der Waals surface area contributed by atoms with E-state index in [2.05, 4.69) is 24.0 Å². The first-order chi connectivity index (χ1) is 13.5. The highest BCUT2D eigenvalue weighted by Crippen LogP contribution is 2.25. The van der Waals surface area contributed by atoms with Gasteiger partial charge in [0, 0.05) is 31.2 Å². The number of benzene rings is 1. The Morgan fingerprint density at radius 2 is 1.96 bits per heavy atom. The monoisotopic (exact) mass is 421 g/mol. The average molecular weight is 422 g/mol. The normalized spacial score (nSPS) is 14.1. The lowest BCUT2D eigenvalue weighted by molar-refractivity contribution is 0.139. The van der Waals surface area contributed by atoms with Crippen LogP contribution in [0.4, 0.5) is 4.79 Å². The van der Waals surface area contributed by atoms with Crippen molar-refractivity contribution in [3.8, 4) is 0 Å². The van der Waals surface area contributed by atoms with Gasteiger partial charge >= 0.3 is 6.03 Å². The maximum atomic E-state index is 12.8. The fourth-order valence-electron chi connectivity index (χ4n) is 3.35. The lowest BCUT2D eigenvalue weighted by Crippen LogP contribution is -2.47. The standard InChI is InChI=1S/C20H25Cl2N5O/c1-3-8-25(9-4-2)20(28)26-10-11-27-18(14-26)23-24-19(27)17(22)13-15-6-5-7-16(21)12-15/h5-7,12-13H,3-4,8-11,14H2,1-2H3/b17-13-. The summed E-state index contributed by atoms with van der Waals surface area (Å²) < 4.78 is 1.98. The van der Waals surface area contributed by atoms with Crippen LogP contribution in [0, 0.1) is 0 Å². The van der Waals surface area contributed by atoms with Gasteiger partial charge in [0.15, 0.2) is 11.6 Å². The van der Waals surface area contributed by atoms with E-state index in [4.69, 9.17) is 23.2 Å². The number of hydrogen-bond acceptors (Lipinski definition) is 3. The smallest absolute Gasteiger partial charge is 0.320 e. The predicted octanol–water partition coefficient (Wildman–Crippen LogP) is 4.73. The zero-order valence-corrected chi connectivity index (χ0v) is 17.7. The number of amides is 2. The zero-order chi connectivity index (χ0) is 20.1. The quantitative estimate of drug-likeness (QED) is 0.677. The van der Waals surface area contributed by atoms with Gasteiger partial charge in [-0.05, 0) is 36.6 Å². The Labute approximate surface area is 175 Å². The van der Waals surface area contributed by atoms with Crippen LogP contribution in [0.2, 0.25) is 5.02 Å². The molecule has 0 bridgehead atoms. The van der Waals surface area contributed by atoms with Crippen LogP contribution in [-0.4, -0.2) is 50.2 Å². The Kier molecular flexibility index (Phi) is 6.97. The molecule has 8 heteroatoms. The third-order valence-corrected chi connectivity index (χ3v) is 5.15. The van der Waals surface area contributed by atoms with E-state index in [1.165, 1.54) is 0 Å². The van der Waals surface area contributed by atoms with E-state index < -0.39 is 0 Å². The highest BCUT2D eigenvalue weighted by Gasteiger charge is 2.27. The van der Waals surface area contributed by atoms with Crippen molar-refractivity contribution in [2.24, 2.45) is 0 Å². The Bertz CT molecular complexity index is 858. The Balaban J connectivity index is 1.76. The second-order valence-electron chi connectivity index (χ2n) is 6.83. The van der Waals surface area contributed by atoms with Crippen molar-refractivity contribution in [1.29, 1.82) is 0 Å². The molecular formula is C20H25Cl2N5O. The zero-order valence-electron chi connectivity index (χ0n) is 16.2. The molecule has 0 radical (unpaired) electrons. The molecule has 0 N–H and O–H groups in total. The van der Waals surface area contributed by atoms with Gasteiger partial charge in [0.05, 0.1) is 11.6 Å². The van der Waals surface area contributed by atoms with Crippen LogP contribution in [0.3, 0.4) is 0 Å². The molecule has 2 heterocycles. The van der Waals surface area contributed by atoms with Crippen molar-refractivity contribution in [2.45, 2.75) is 39.8 Å². The summed E-state index contributed by atoms with van der Waals surface area (Å²) in [6.45, 7) is 7.39. The molecule has 1 aromatic heterocycles. The van der Waals surface area contributed by atoms with Crippen LogP contribution in [-0.2, 0) is 13.1 Å². The molecule has 1 aromatic carbocycles. The first-order valence-electron chi connectivity index (χ1n) is 9.62. The van der Waals surface area contributed by atoms with Crippen molar-refractivity contribution in [3.05, 3.63) is 46.5 Å². The van der Waals surface area contributed by atoms with E-state index in [1.807, 2.05) is 44.7 Å². The van der Waals surface area contributed by atoms with Gasteiger partial charge in [-0.3, -0.25) is 0 Å². The van der Waals surface area contributed by atoms with Gasteiger partial charge < -0.3 is 14.4 Å². The number of carbonyl (C=O) groups excluding carboxylic acids is 1. The molecule has 0 atom stereocenters. The van der Waals surface area contributed by atoms with Gasteiger partial charge in [-0.25, -0.2) is 4.79 Å². The Morgan fingerprint density at radius 3 is 2.64 bits per heavy atom. The third-order valence-electron chi connectivity index (χ3n) is 4.64. The molecule has 0 spiro atoms. The maximum absolute atomic E-state index is 12.8. The van der Waals surface area contributed by atoms with Crippen LogP contribution in [0.15, 0.2) is 24.3 Å². The van der Waals surface area contributed by atoms with E-state index in [0.29, 0.717) is 35.5 Å². The van der Waals surface area contributed by atoms with Crippen molar-refractivity contribution in [1.82, 2.24) is 24.6 Å². The van der Waals surface area contributed by atoms with E-state index in [1.54, 1.807) is 0 Å². The molecular weight excluding hydrogens is 397 g/mol. The molecule has 0 saturated carbocycles. The fourth-order valence-corrected chi connectivity index (χ4v) is 3.81. The van der Waals surface area contributed by atoms with Gasteiger partial charge in [0.1, 0.15) is 0 Å². The molecule has 0 unspecified atom stereocenters. The van der Waals surface area contributed by atoms with E-state index in [-0.39, 0.29) is 6.03 Å². The number of nitrogens with zero attached hydrogens (tertiary/aromatic N) is 5. The Morgan fingerprint density at radius 1 is 1.21 bits per heavy atom. The minimum atomic E-state index is 0.0695. The van der Waals surface area contributed by atoms with Crippen molar-refractivity contribution in [2.75, 3.05) is 19.6 Å². The number of hydrogen-bond donors (Lipinski definition) is 0. The molecule has 0 saturated heterocycles. The van der Waals surface area contributed by atoms with Crippen LogP contribution in [0.5, 0.6) is 0 Å². The second-order valence-corrected chi connectivity index (χ2v) is 7.67. The van der Waals surface area contributed by atoms with Crippen LogP contribution in [0.1, 0.15) is 43.9 Å². The third kappa shape index (κ3) is 4.67. The summed E-state index contributed by atoms with van der Waals surface area (Å²) in [6, 6.07) is 7.53. The van der Waals surface area contributed by atoms with Gasteiger partial charge in [-0.2, -0.15) is 0 Å². The molecule has 0 fully saturated rings. The van der Waals surface area contributed by atoms with E-state index >= 15 is 0 Å². The highest BCUT2D eigenvalue weighted by molar-refractivity contribution is 6.50. The first kappa shape index (κ1) is 20.7. The van der Waals surface area contributed by atoms with Crippen LogP contribution < -0.4 is 0 Å². The molecule has 3 rings (SSSR count). The molecule has 2 amide bonds. The number of aromatic nitrogens is 3. The predicted molar refractivity (Wildman–Crippen MR) is 113 cm³/mol. The topological polar surface area (TPSA) is 54.3 Å². The largest absolute Gasteiger partial charge is 0.325 e. The first-order valence-corrected chi connectivity index (χ1v) is 10.4. The number of halogens is 2. The summed E-state index contributed by atoms with van der Waals surface area (Å²) in [4.78, 5) is 16.6. The summed E-state index contributed by atoms with van der Waals surface area (Å²) in [5.41, 5.74) is 0.900. The summed E-state index contributed by atoms with van der Waals surface area (Å²) in [5, 5.41) is 9.68. The molecule has 1 aliphatic rings. The van der Waals surface area contributed by atoms with Gasteiger partial charge in [-0.15, -0.1) is 10.2 Å². The van der Waals surface area contributed by atoms with Crippen LogP contribution in [0.25, 0.3) is 11.1 Å². The summed E-state index contributed by atoms with van der Waals surface area (Å²) in [6.07, 6.45) is 3.72.